The van der Waals surface area contributed by atoms with Crippen molar-refractivity contribution in [3.63, 3.8) is 0 Å². The molecule has 1 unspecified atom stereocenters. The first-order chi connectivity index (χ1) is 7.02. The van der Waals surface area contributed by atoms with Gasteiger partial charge in [0.25, 0.3) is 10.1 Å². The molecule has 1 atom stereocenters. The van der Waals surface area contributed by atoms with E-state index in [2.05, 4.69) is 11.6 Å². The molecule has 0 rings (SSSR count). The maximum absolute atomic E-state index is 10.7. The molecule has 0 aliphatic carbocycles. The van der Waals surface area contributed by atoms with E-state index < -0.39 is 15.4 Å². The van der Waals surface area contributed by atoms with Crippen LogP contribution in [-0.4, -0.2) is 30.8 Å². The maximum Gasteiger partial charge on any atom is 0.271 e. The second kappa shape index (κ2) is 7.34. The predicted molar refractivity (Wildman–Crippen MR) is 57.0 cm³/mol. The van der Waals surface area contributed by atoms with Crippen molar-refractivity contribution in [1.29, 1.82) is 0 Å². The lowest BCUT2D eigenvalue weighted by molar-refractivity contribution is 0.468. The van der Waals surface area contributed by atoms with Crippen LogP contribution in [0.25, 0.3) is 0 Å². The molecule has 0 aromatic rings. The van der Waals surface area contributed by atoms with Crippen molar-refractivity contribution >= 4 is 16.2 Å². The Morgan fingerprint density at radius 2 is 2.07 bits per heavy atom. The average Bonchev–Trinajstić information content (AvgIpc) is 2.15. The summed E-state index contributed by atoms with van der Waals surface area (Å²) in [5.74, 6) is 0. The first kappa shape index (κ1) is 14.0. The fourth-order valence-corrected chi connectivity index (χ4v) is 1.85. The molecule has 0 saturated carbocycles. The number of rotatable bonds is 8. The van der Waals surface area contributed by atoms with Gasteiger partial charge in [-0.15, -0.1) is 6.58 Å². The van der Waals surface area contributed by atoms with E-state index in [-0.39, 0.29) is 0 Å². The molecule has 0 radical (unpaired) electrons. The van der Waals surface area contributed by atoms with Crippen molar-refractivity contribution in [3.05, 3.63) is 12.7 Å². The predicted octanol–water partition coefficient (Wildman–Crippen LogP) is 1.32. The third-order valence-electron chi connectivity index (χ3n) is 1.97. The minimum atomic E-state index is -4.02. The highest BCUT2D eigenvalue weighted by atomic mass is 32.2. The monoisotopic (exact) mass is 233 g/mol. The van der Waals surface area contributed by atoms with E-state index in [1.807, 2.05) is 0 Å². The standard InChI is InChI=1S/C9H15NO4S/c1-2-9(15(12,13)14)6-4-3-5-7-10-8-11/h2,9H,1,3-7H2,(H,12,13,14). The third kappa shape index (κ3) is 7.02. The maximum atomic E-state index is 10.7. The molecule has 0 saturated heterocycles. The molecule has 5 nitrogen and oxygen atoms in total. The Kier molecular flexibility index (Phi) is 6.86. The molecule has 0 aliphatic heterocycles. The van der Waals surface area contributed by atoms with E-state index >= 15 is 0 Å². The smallest absolute Gasteiger partial charge is 0.271 e. The molecule has 6 heteroatoms. The molecule has 15 heavy (non-hydrogen) atoms. The molecule has 0 spiro atoms. The normalized spacial score (nSPS) is 12.9. The first-order valence-corrected chi connectivity index (χ1v) is 6.15. The van der Waals surface area contributed by atoms with Crippen LogP contribution in [0.2, 0.25) is 0 Å². The van der Waals surface area contributed by atoms with Gasteiger partial charge in [0.05, 0.1) is 6.54 Å². The lowest BCUT2D eigenvalue weighted by atomic mass is 10.1. The molecule has 1 N–H and O–H groups in total. The average molecular weight is 233 g/mol. The van der Waals surface area contributed by atoms with Gasteiger partial charge in [-0.25, -0.2) is 9.79 Å². The topological polar surface area (TPSA) is 83.8 Å². The molecule has 0 aromatic carbocycles. The zero-order valence-corrected chi connectivity index (χ0v) is 9.24. The number of hydrogen-bond acceptors (Lipinski definition) is 4. The van der Waals surface area contributed by atoms with E-state index in [1.54, 1.807) is 0 Å². The van der Waals surface area contributed by atoms with Crippen LogP contribution in [-0.2, 0) is 14.9 Å². The molecule has 0 aliphatic rings. The minimum absolute atomic E-state index is 0.340. The van der Waals surface area contributed by atoms with E-state index in [0.29, 0.717) is 25.8 Å². The largest absolute Gasteiger partial charge is 0.285 e. The highest BCUT2D eigenvalue weighted by Gasteiger charge is 2.18. The van der Waals surface area contributed by atoms with Gasteiger partial charge in [0.1, 0.15) is 5.25 Å². The number of nitrogens with zero attached hydrogens (tertiary/aromatic N) is 1. The summed E-state index contributed by atoms with van der Waals surface area (Å²) in [7, 11) is -4.02. The summed E-state index contributed by atoms with van der Waals surface area (Å²) >= 11 is 0. The van der Waals surface area contributed by atoms with Gasteiger partial charge in [-0.1, -0.05) is 18.9 Å². The highest BCUT2D eigenvalue weighted by Crippen LogP contribution is 2.11. The van der Waals surface area contributed by atoms with Crippen LogP contribution in [0.15, 0.2) is 17.6 Å². The zero-order chi connectivity index (χ0) is 11.7. The van der Waals surface area contributed by atoms with Gasteiger partial charge in [-0.3, -0.25) is 4.55 Å². The molecule has 0 fully saturated rings. The Bertz CT molecular complexity index is 330. The first-order valence-electron chi connectivity index (χ1n) is 4.65. The molecular weight excluding hydrogens is 218 g/mol. The Balaban J connectivity index is 3.74. The second-order valence-corrected chi connectivity index (χ2v) is 4.75. The summed E-state index contributed by atoms with van der Waals surface area (Å²) in [4.78, 5) is 13.1. The fourth-order valence-electron chi connectivity index (χ4n) is 1.15. The fraction of sp³-hybridized carbons (Fsp3) is 0.667. The van der Waals surface area contributed by atoms with Crippen molar-refractivity contribution in [2.45, 2.75) is 30.9 Å². The number of unbranched alkanes of at least 4 members (excludes halogenated alkanes) is 2. The van der Waals surface area contributed by atoms with Crippen LogP contribution >= 0.6 is 0 Å². The molecule has 86 valence electrons. The van der Waals surface area contributed by atoms with Crippen molar-refractivity contribution in [2.24, 2.45) is 4.99 Å². The van der Waals surface area contributed by atoms with E-state index in [4.69, 9.17) is 4.55 Å². The highest BCUT2D eigenvalue weighted by molar-refractivity contribution is 7.86. The van der Waals surface area contributed by atoms with Crippen molar-refractivity contribution in [3.8, 4) is 0 Å². The Labute approximate surface area is 89.7 Å². The quantitative estimate of drug-likeness (QED) is 0.225. The van der Waals surface area contributed by atoms with Gasteiger partial charge < -0.3 is 0 Å². The van der Waals surface area contributed by atoms with Gasteiger partial charge >= 0.3 is 0 Å². The van der Waals surface area contributed by atoms with Crippen molar-refractivity contribution < 1.29 is 17.8 Å². The molecule has 0 bridgehead atoms. The van der Waals surface area contributed by atoms with Crippen LogP contribution in [0.3, 0.4) is 0 Å². The molecule has 0 heterocycles. The van der Waals surface area contributed by atoms with Crippen molar-refractivity contribution in [2.75, 3.05) is 6.54 Å². The van der Waals surface area contributed by atoms with Gasteiger partial charge in [0, 0.05) is 0 Å². The van der Waals surface area contributed by atoms with Crippen LogP contribution in [0.5, 0.6) is 0 Å². The van der Waals surface area contributed by atoms with Gasteiger partial charge in [-0.2, -0.15) is 8.42 Å². The van der Waals surface area contributed by atoms with E-state index in [0.717, 1.165) is 6.42 Å². The summed E-state index contributed by atoms with van der Waals surface area (Å²) in [5, 5.41) is -0.896. The summed E-state index contributed by atoms with van der Waals surface area (Å²) in [5.41, 5.74) is 0. The molecular formula is C9H15NO4S. The third-order valence-corrected chi connectivity index (χ3v) is 3.16. The minimum Gasteiger partial charge on any atom is -0.285 e. The lowest BCUT2D eigenvalue weighted by Gasteiger charge is -2.07. The summed E-state index contributed by atoms with van der Waals surface area (Å²) in [6.07, 6.45) is 5.10. The zero-order valence-electron chi connectivity index (χ0n) is 8.42. The van der Waals surface area contributed by atoms with E-state index in [9.17, 15) is 13.2 Å². The van der Waals surface area contributed by atoms with Gasteiger partial charge in [-0.05, 0) is 12.8 Å². The number of hydrogen-bond donors (Lipinski definition) is 1. The molecule has 0 aromatic heterocycles. The van der Waals surface area contributed by atoms with Crippen molar-refractivity contribution in [1.82, 2.24) is 0 Å². The summed E-state index contributed by atoms with van der Waals surface area (Å²) in [6.45, 7) is 3.76. The van der Waals surface area contributed by atoms with Crippen LogP contribution in [0.4, 0.5) is 0 Å². The van der Waals surface area contributed by atoms with Crippen LogP contribution in [0, 0.1) is 0 Å². The Morgan fingerprint density at radius 1 is 1.40 bits per heavy atom. The second-order valence-electron chi connectivity index (χ2n) is 3.11. The number of carbonyl (C=O) groups excluding carboxylic acids is 1. The van der Waals surface area contributed by atoms with Gasteiger partial charge in [0.2, 0.25) is 6.08 Å². The SMILES string of the molecule is C=CC(CCCCCN=C=O)S(=O)(=O)O. The van der Waals surface area contributed by atoms with Gasteiger partial charge in [0.15, 0.2) is 0 Å². The number of aliphatic imine (C=N–C) groups is 1. The summed E-state index contributed by atoms with van der Waals surface area (Å²) < 4.78 is 30.2. The Morgan fingerprint density at radius 3 is 2.53 bits per heavy atom. The number of isocyanates is 1. The Hall–Kier alpha value is -0.970. The van der Waals surface area contributed by atoms with Crippen LogP contribution in [0.1, 0.15) is 25.7 Å². The summed E-state index contributed by atoms with van der Waals surface area (Å²) in [6, 6.07) is 0. The van der Waals surface area contributed by atoms with Crippen LogP contribution < -0.4 is 0 Å². The lowest BCUT2D eigenvalue weighted by Crippen LogP contribution is -2.17. The van der Waals surface area contributed by atoms with E-state index in [1.165, 1.54) is 12.2 Å². The molecule has 0 amide bonds.